The highest BCUT2D eigenvalue weighted by Gasteiger charge is 2.13. The van der Waals surface area contributed by atoms with Crippen LogP contribution in [0.3, 0.4) is 0 Å². The smallest absolute Gasteiger partial charge is 0.338 e. The zero-order valence-electron chi connectivity index (χ0n) is 12.2. The van der Waals surface area contributed by atoms with E-state index in [1.165, 1.54) is 0 Å². The van der Waals surface area contributed by atoms with Crippen molar-refractivity contribution in [1.82, 2.24) is 0 Å². The number of benzene rings is 1. The number of aldehydes is 1. The number of unbranched alkanes of at least 4 members (excludes halogenated alkanes) is 4. The lowest BCUT2D eigenvalue weighted by atomic mass is 10.1. The highest BCUT2D eigenvalue weighted by molar-refractivity contribution is 5.89. The Hall–Kier alpha value is -1.64. The summed E-state index contributed by atoms with van der Waals surface area (Å²) in [6, 6.07) is 9.10. The molecule has 0 radical (unpaired) electrons. The summed E-state index contributed by atoms with van der Waals surface area (Å²) in [5.74, 6) is -0.238. The van der Waals surface area contributed by atoms with Crippen molar-refractivity contribution in [3.8, 4) is 0 Å². The summed E-state index contributed by atoms with van der Waals surface area (Å²) in [6.45, 7) is 2.04. The third-order valence-electron chi connectivity index (χ3n) is 3.34. The molecular formula is C17H24O3. The second kappa shape index (κ2) is 10.2. The highest BCUT2D eigenvalue weighted by Crippen LogP contribution is 2.14. The normalized spacial score (nSPS) is 11.8. The van der Waals surface area contributed by atoms with Crippen LogP contribution in [0.15, 0.2) is 30.3 Å². The van der Waals surface area contributed by atoms with Crippen molar-refractivity contribution in [1.29, 1.82) is 0 Å². The fourth-order valence-corrected chi connectivity index (χ4v) is 2.09. The number of rotatable bonds is 10. The maximum absolute atomic E-state index is 11.9. The van der Waals surface area contributed by atoms with Crippen LogP contribution in [0, 0.1) is 0 Å². The molecule has 0 aliphatic carbocycles. The summed E-state index contributed by atoms with van der Waals surface area (Å²) in [4.78, 5) is 22.1. The van der Waals surface area contributed by atoms with Gasteiger partial charge in [-0.2, -0.15) is 0 Å². The van der Waals surface area contributed by atoms with E-state index in [2.05, 4.69) is 0 Å². The third kappa shape index (κ3) is 6.50. The summed E-state index contributed by atoms with van der Waals surface area (Å²) >= 11 is 0. The number of esters is 1. The summed E-state index contributed by atoms with van der Waals surface area (Å²) in [6.07, 6.45) is 7.52. The van der Waals surface area contributed by atoms with Gasteiger partial charge < -0.3 is 9.53 Å². The SMILES string of the molecule is CCC(CCCCCCC=O)OC(=O)c1ccccc1. The summed E-state index contributed by atoms with van der Waals surface area (Å²) in [5, 5.41) is 0. The molecule has 3 heteroatoms. The van der Waals surface area contributed by atoms with Gasteiger partial charge in [-0.15, -0.1) is 0 Å². The lowest BCUT2D eigenvalue weighted by Gasteiger charge is -2.16. The van der Waals surface area contributed by atoms with Crippen molar-refractivity contribution in [2.75, 3.05) is 0 Å². The first-order valence-electron chi connectivity index (χ1n) is 7.47. The van der Waals surface area contributed by atoms with Crippen LogP contribution in [-0.2, 0) is 9.53 Å². The van der Waals surface area contributed by atoms with Crippen LogP contribution < -0.4 is 0 Å². The van der Waals surface area contributed by atoms with Crippen molar-refractivity contribution in [3.05, 3.63) is 35.9 Å². The van der Waals surface area contributed by atoms with Gasteiger partial charge in [0, 0.05) is 6.42 Å². The molecule has 1 rings (SSSR count). The Morgan fingerprint density at radius 1 is 1.15 bits per heavy atom. The molecule has 0 heterocycles. The fourth-order valence-electron chi connectivity index (χ4n) is 2.09. The molecule has 0 aliphatic rings. The van der Waals surface area contributed by atoms with Crippen molar-refractivity contribution in [2.24, 2.45) is 0 Å². The first-order chi connectivity index (χ1) is 9.77. The molecule has 110 valence electrons. The Balaban J connectivity index is 2.25. The Kier molecular flexibility index (Phi) is 8.36. The van der Waals surface area contributed by atoms with Gasteiger partial charge in [-0.05, 0) is 37.8 Å². The van der Waals surface area contributed by atoms with Crippen molar-refractivity contribution >= 4 is 12.3 Å². The molecule has 0 saturated heterocycles. The number of carbonyl (C=O) groups excluding carboxylic acids is 2. The molecule has 1 unspecified atom stereocenters. The summed E-state index contributed by atoms with van der Waals surface area (Å²) in [7, 11) is 0. The lowest BCUT2D eigenvalue weighted by molar-refractivity contribution is -0.107. The number of carbonyl (C=O) groups is 2. The van der Waals surface area contributed by atoms with Crippen LogP contribution in [0.25, 0.3) is 0 Å². The molecule has 3 nitrogen and oxygen atoms in total. The topological polar surface area (TPSA) is 43.4 Å². The van der Waals surface area contributed by atoms with Gasteiger partial charge in [0.25, 0.3) is 0 Å². The van der Waals surface area contributed by atoms with Gasteiger partial charge in [-0.25, -0.2) is 4.79 Å². The maximum atomic E-state index is 11.9. The zero-order chi connectivity index (χ0) is 14.6. The molecule has 1 atom stereocenters. The minimum Gasteiger partial charge on any atom is -0.459 e. The van der Waals surface area contributed by atoms with Crippen LogP contribution in [-0.4, -0.2) is 18.4 Å². The average molecular weight is 276 g/mol. The molecule has 1 aromatic carbocycles. The monoisotopic (exact) mass is 276 g/mol. The van der Waals surface area contributed by atoms with Crippen LogP contribution in [0.2, 0.25) is 0 Å². The van der Waals surface area contributed by atoms with E-state index < -0.39 is 0 Å². The molecular weight excluding hydrogens is 252 g/mol. The van der Waals surface area contributed by atoms with Gasteiger partial charge in [0.15, 0.2) is 0 Å². The molecule has 0 bridgehead atoms. The van der Waals surface area contributed by atoms with E-state index in [0.717, 1.165) is 44.8 Å². The fraction of sp³-hybridized carbons (Fsp3) is 0.529. The number of hydrogen-bond acceptors (Lipinski definition) is 3. The van der Waals surface area contributed by atoms with Crippen molar-refractivity contribution in [3.63, 3.8) is 0 Å². The first-order valence-corrected chi connectivity index (χ1v) is 7.47. The van der Waals surface area contributed by atoms with Crippen molar-refractivity contribution < 1.29 is 14.3 Å². The van der Waals surface area contributed by atoms with Gasteiger partial charge >= 0.3 is 5.97 Å². The molecule has 0 fully saturated rings. The molecule has 0 spiro atoms. The molecule has 0 aromatic heterocycles. The second-order valence-corrected chi connectivity index (χ2v) is 4.96. The van der Waals surface area contributed by atoms with Gasteiger partial charge in [-0.3, -0.25) is 0 Å². The first kappa shape index (κ1) is 16.4. The van der Waals surface area contributed by atoms with Gasteiger partial charge in [0.2, 0.25) is 0 Å². The minimum absolute atomic E-state index is 0.00576. The van der Waals surface area contributed by atoms with E-state index in [1.54, 1.807) is 12.1 Å². The molecule has 20 heavy (non-hydrogen) atoms. The largest absolute Gasteiger partial charge is 0.459 e. The van der Waals surface area contributed by atoms with Crippen LogP contribution in [0.5, 0.6) is 0 Å². The molecule has 0 amide bonds. The predicted octanol–water partition coefficient (Wildman–Crippen LogP) is 4.16. The quantitative estimate of drug-likeness (QED) is 0.366. The van der Waals surface area contributed by atoms with Crippen LogP contribution in [0.1, 0.15) is 62.2 Å². The Bertz CT molecular complexity index is 386. The second-order valence-electron chi connectivity index (χ2n) is 4.96. The van der Waals surface area contributed by atoms with Gasteiger partial charge in [0.05, 0.1) is 5.56 Å². The lowest BCUT2D eigenvalue weighted by Crippen LogP contribution is -2.17. The van der Waals surface area contributed by atoms with Gasteiger partial charge in [-0.1, -0.05) is 38.0 Å². The Morgan fingerprint density at radius 2 is 1.85 bits per heavy atom. The molecule has 1 aromatic rings. The van der Waals surface area contributed by atoms with Gasteiger partial charge in [0.1, 0.15) is 12.4 Å². The summed E-state index contributed by atoms with van der Waals surface area (Å²) < 4.78 is 5.52. The van der Waals surface area contributed by atoms with E-state index in [-0.39, 0.29) is 12.1 Å². The zero-order valence-corrected chi connectivity index (χ0v) is 12.2. The molecule has 0 saturated carbocycles. The Labute approximate surface area is 121 Å². The van der Waals surface area contributed by atoms with E-state index in [1.807, 2.05) is 25.1 Å². The highest BCUT2D eigenvalue weighted by atomic mass is 16.5. The molecule has 0 aliphatic heterocycles. The number of ether oxygens (including phenoxy) is 1. The van der Waals surface area contributed by atoms with E-state index in [4.69, 9.17) is 4.74 Å². The van der Waals surface area contributed by atoms with Crippen LogP contribution in [0.4, 0.5) is 0 Å². The molecule has 0 N–H and O–H groups in total. The predicted molar refractivity (Wildman–Crippen MR) is 79.7 cm³/mol. The third-order valence-corrected chi connectivity index (χ3v) is 3.34. The standard InChI is InChI=1S/C17H24O3/c1-2-16(13-9-4-3-5-10-14-18)20-17(19)15-11-7-6-8-12-15/h6-8,11-12,14,16H,2-5,9-10,13H2,1H3. The number of hydrogen-bond donors (Lipinski definition) is 0. The van der Waals surface area contributed by atoms with Crippen molar-refractivity contribution in [2.45, 2.75) is 58.0 Å². The summed E-state index contributed by atoms with van der Waals surface area (Å²) in [5.41, 5.74) is 0.608. The maximum Gasteiger partial charge on any atom is 0.338 e. The van der Waals surface area contributed by atoms with Crippen LogP contribution >= 0.6 is 0 Å². The average Bonchev–Trinajstić information content (AvgIpc) is 2.50. The van der Waals surface area contributed by atoms with E-state index >= 15 is 0 Å². The minimum atomic E-state index is -0.238. The van der Waals surface area contributed by atoms with E-state index in [0.29, 0.717) is 12.0 Å². The Morgan fingerprint density at radius 3 is 2.50 bits per heavy atom. The van der Waals surface area contributed by atoms with E-state index in [9.17, 15) is 9.59 Å².